The Morgan fingerprint density at radius 2 is 2.03 bits per heavy atom. The maximum Gasteiger partial charge on any atom is 0.404 e. The first kappa shape index (κ1) is 22.0. The molecule has 0 spiro atoms. The van der Waals surface area contributed by atoms with E-state index in [-0.39, 0.29) is 24.2 Å². The molecule has 0 bridgehead atoms. The fraction of sp³-hybridized carbons (Fsp3) is 0.450. The highest BCUT2D eigenvalue weighted by atomic mass is 32.1. The van der Waals surface area contributed by atoms with E-state index in [1.807, 2.05) is 25.4 Å². The van der Waals surface area contributed by atoms with Crippen LogP contribution in [0, 0.1) is 0 Å². The molecule has 12 heteroatoms. The molecule has 0 atom stereocenters. The van der Waals surface area contributed by atoms with Crippen LogP contribution < -0.4 is 10.6 Å². The standard InChI is InChI=1S/C20H25N7O4S/c1-20(2,11-28)25-15-9-14(17(29)26-5-3-12(4-6-26)22-19(30)31)23-16(24-15)13-10-21-27-7-8-32-18(13)27/h7-10,12,22,28H,3-6,11H2,1-2H3,(H,30,31)(H,23,24,25). The van der Waals surface area contributed by atoms with Crippen molar-refractivity contribution in [3.05, 3.63) is 29.5 Å². The zero-order valence-corrected chi connectivity index (χ0v) is 18.6. The highest BCUT2D eigenvalue weighted by molar-refractivity contribution is 7.16. The van der Waals surface area contributed by atoms with Gasteiger partial charge in [0.2, 0.25) is 0 Å². The molecule has 0 aromatic carbocycles. The lowest BCUT2D eigenvalue weighted by molar-refractivity contribution is 0.0700. The first-order valence-corrected chi connectivity index (χ1v) is 11.1. The maximum atomic E-state index is 13.3. The lowest BCUT2D eigenvalue weighted by atomic mass is 10.0. The number of rotatable bonds is 6. The molecule has 1 fully saturated rings. The molecule has 11 nitrogen and oxygen atoms in total. The van der Waals surface area contributed by atoms with Crippen molar-refractivity contribution >= 4 is 34.0 Å². The van der Waals surface area contributed by atoms with Crippen molar-refractivity contribution in [1.82, 2.24) is 29.8 Å². The predicted octanol–water partition coefficient (Wildman–Crippen LogP) is 1.91. The molecular formula is C20H25N7O4S. The zero-order chi connectivity index (χ0) is 22.9. The molecule has 4 heterocycles. The summed E-state index contributed by atoms with van der Waals surface area (Å²) in [5.74, 6) is 0.546. The Morgan fingerprint density at radius 1 is 1.28 bits per heavy atom. The third kappa shape index (κ3) is 4.65. The fourth-order valence-electron chi connectivity index (χ4n) is 3.57. The molecule has 170 valence electrons. The molecule has 1 aliphatic heterocycles. The van der Waals surface area contributed by atoms with Crippen molar-refractivity contribution in [2.75, 3.05) is 25.0 Å². The Morgan fingerprint density at radius 3 is 2.72 bits per heavy atom. The molecule has 0 saturated carbocycles. The number of carbonyl (C=O) groups excluding carboxylic acids is 1. The smallest absolute Gasteiger partial charge is 0.404 e. The monoisotopic (exact) mass is 459 g/mol. The Bertz CT molecular complexity index is 1130. The maximum absolute atomic E-state index is 13.3. The zero-order valence-electron chi connectivity index (χ0n) is 17.8. The van der Waals surface area contributed by atoms with Gasteiger partial charge in [-0.25, -0.2) is 19.3 Å². The molecule has 0 radical (unpaired) electrons. The van der Waals surface area contributed by atoms with Crippen LogP contribution in [0.4, 0.5) is 10.6 Å². The average molecular weight is 460 g/mol. The van der Waals surface area contributed by atoms with Crippen LogP contribution in [0.1, 0.15) is 37.2 Å². The molecule has 1 aliphatic rings. The van der Waals surface area contributed by atoms with Crippen molar-refractivity contribution in [1.29, 1.82) is 0 Å². The summed E-state index contributed by atoms with van der Waals surface area (Å²) in [6.45, 7) is 4.39. The van der Waals surface area contributed by atoms with Gasteiger partial charge in [-0.15, -0.1) is 11.3 Å². The second kappa shape index (κ2) is 8.71. The normalized spacial score (nSPS) is 15.2. The molecule has 2 amide bonds. The van der Waals surface area contributed by atoms with Gasteiger partial charge in [0.1, 0.15) is 16.3 Å². The van der Waals surface area contributed by atoms with Gasteiger partial charge in [-0.2, -0.15) is 5.10 Å². The molecule has 3 aromatic heterocycles. The number of carbonyl (C=O) groups is 2. The minimum atomic E-state index is -1.06. The molecule has 4 rings (SSSR count). The highest BCUT2D eigenvalue weighted by Gasteiger charge is 2.27. The summed E-state index contributed by atoms with van der Waals surface area (Å²) in [6, 6.07) is 1.42. The number of hydrogen-bond acceptors (Lipinski definition) is 8. The van der Waals surface area contributed by atoms with Crippen molar-refractivity contribution in [2.45, 2.75) is 38.3 Å². The van der Waals surface area contributed by atoms with Gasteiger partial charge in [0.25, 0.3) is 5.91 Å². The highest BCUT2D eigenvalue weighted by Crippen LogP contribution is 2.27. The van der Waals surface area contributed by atoms with Crippen LogP contribution in [0.5, 0.6) is 0 Å². The number of thiazole rings is 1. The SMILES string of the molecule is CC(C)(CO)Nc1cc(C(=O)N2CCC(NC(=O)O)CC2)nc(-c2cnn3ccsc23)n1. The molecular weight excluding hydrogens is 434 g/mol. The summed E-state index contributed by atoms with van der Waals surface area (Å²) in [5, 5.41) is 30.4. The molecule has 0 unspecified atom stereocenters. The van der Waals surface area contributed by atoms with E-state index in [4.69, 9.17) is 5.11 Å². The van der Waals surface area contributed by atoms with Crippen LogP contribution in [-0.2, 0) is 0 Å². The van der Waals surface area contributed by atoms with Crippen molar-refractivity contribution < 1.29 is 19.8 Å². The van der Waals surface area contributed by atoms with Gasteiger partial charge in [0, 0.05) is 36.8 Å². The number of likely N-dealkylation sites (tertiary alicyclic amines) is 1. The quantitative estimate of drug-likeness (QED) is 0.437. The van der Waals surface area contributed by atoms with Crippen LogP contribution in [0.15, 0.2) is 23.8 Å². The number of aromatic nitrogens is 4. The molecule has 3 aromatic rings. The second-order valence-electron chi connectivity index (χ2n) is 8.36. The van der Waals surface area contributed by atoms with E-state index < -0.39 is 11.6 Å². The fourth-order valence-corrected chi connectivity index (χ4v) is 4.36. The van der Waals surface area contributed by atoms with E-state index in [2.05, 4.69) is 25.7 Å². The van der Waals surface area contributed by atoms with Crippen molar-refractivity contribution in [3.8, 4) is 11.4 Å². The van der Waals surface area contributed by atoms with E-state index in [1.165, 1.54) is 11.3 Å². The van der Waals surface area contributed by atoms with Crippen LogP contribution in [0.25, 0.3) is 16.2 Å². The van der Waals surface area contributed by atoms with E-state index >= 15 is 0 Å². The number of nitrogens with one attached hydrogen (secondary N) is 2. The van der Waals surface area contributed by atoms with Gasteiger partial charge >= 0.3 is 6.09 Å². The average Bonchev–Trinajstić information content (AvgIpc) is 3.37. The summed E-state index contributed by atoms with van der Waals surface area (Å²) in [6.07, 6.45) is 3.52. The first-order valence-electron chi connectivity index (χ1n) is 10.2. The first-order chi connectivity index (χ1) is 15.3. The number of carboxylic acid groups (broad SMARTS) is 1. The third-order valence-electron chi connectivity index (χ3n) is 5.29. The number of aliphatic hydroxyl groups excluding tert-OH is 1. The Hall–Kier alpha value is -3.25. The molecule has 32 heavy (non-hydrogen) atoms. The molecule has 1 saturated heterocycles. The van der Waals surface area contributed by atoms with Gasteiger partial charge in [-0.3, -0.25) is 4.79 Å². The van der Waals surface area contributed by atoms with Crippen molar-refractivity contribution in [3.63, 3.8) is 0 Å². The topological polar surface area (TPSA) is 145 Å². The van der Waals surface area contributed by atoms with Crippen molar-refractivity contribution in [2.24, 2.45) is 0 Å². The second-order valence-corrected chi connectivity index (χ2v) is 9.25. The number of nitrogens with zero attached hydrogens (tertiary/aromatic N) is 5. The number of anilines is 1. The summed E-state index contributed by atoms with van der Waals surface area (Å²) < 4.78 is 1.73. The number of piperidine rings is 1. The van der Waals surface area contributed by atoms with E-state index in [9.17, 15) is 14.7 Å². The predicted molar refractivity (Wildman–Crippen MR) is 119 cm³/mol. The summed E-state index contributed by atoms with van der Waals surface area (Å²) >= 11 is 1.50. The van der Waals surface area contributed by atoms with Crippen LogP contribution in [0.3, 0.4) is 0 Å². The number of fused-ring (bicyclic) bond motifs is 1. The summed E-state index contributed by atoms with van der Waals surface area (Å²) in [5.41, 5.74) is 0.292. The van der Waals surface area contributed by atoms with Crippen LogP contribution >= 0.6 is 11.3 Å². The van der Waals surface area contributed by atoms with Gasteiger partial charge < -0.3 is 25.7 Å². The van der Waals surface area contributed by atoms with Gasteiger partial charge in [-0.1, -0.05) is 0 Å². The third-order valence-corrected chi connectivity index (χ3v) is 6.18. The summed E-state index contributed by atoms with van der Waals surface area (Å²) in [4.78, 5) is 35.8. The van der Waals surface area contributed by atoms with Gasteiger partial charge in [-0.05, 0) is 26.7 Å². The number of amides is 2. The van der Waals surface area contributed by atoms with Gasteiger partial charge in [0.15, 0.2) is 5.82 Å². The lowest BCUT2D eigenvalue weighted by Gasteiger charge is -2.31. The largest absolute Gasteiger partial charge is 0.465 e. The molecule has 4 N–H and O–H groups in total. The van der Waals surface area contributed by atoms with E-state index in [1.54, 1.807) is 21.7 Å². The number of hydrogen-bond donors (Lipinski definition) is 4. The van der Waals surface area contributed by atoms with Crippen LogP contribution in [-0.4, -0.2) is 78.0 Å². The lowest BCUT2D eigenvalue weighted by Crippen LogP contribution is -2.46. The minimum Gasteiger partial charge on any atom is -0.465 e. The van der Waals surface area contributed by atoms with E-state index in [0.29, 0.717) is 43.1 Å². The molecule has 0 aliphatic carbocycles. The van der Waals surface area contributed by atoms with E-state index in [0.717, 1.165) is 4.83 Å². The van der Waals surface area contributed by atoms with Gasteiger partial charge in [0.05, 0.1) is 23.9 Å². The summed E-state index contributed by atoms with van der Waals surface area (Å²) in [7, 11) is 0. The number of aliphatic hydroxyl groups is 1. The Balaban J connectivity index is 1.64. The minimum absolute atomic E-state index is 0.122. The Kier molecular flexibility index (Phi) is 5.98. The van der Waals surface area contributed by atoms with Crippen LogP contribution in [0.2, 0.25) is 0 Å². The Labute approximate surface area is 188 Å².